The predicted molar refractivity (Wildman–Crippen MR) is 135 cm³/mol. The number of imidazole rings is 1. The summed E-state index contributed by atoms with van der Waals surface area (Å²) in [6.45, 7) is 5.78. The number of aliphatic carboxylic acids is 1. The molecule has 37 heavy (non-hydrogen) atoms. The smallest absolute Gasteiger partial charge is 0.323 e. The Morgan fingerprint density at radius 1 is 1.35 bits per heavy atom. The summed E-state index contributed by atoms with van der Waals surface area (Å²) in [6.07, 6.45) is 4.67. The number of aromatic amines is 1. The number of carbonyl (C=O) groups excluding carboxylic acids is 1. The normalized spacial score (nSPS) is 21.9. The number of oxime groups is 1. The molecule has 14 heteroatoms. The Labute approximate surface area is 214 Å². The summed E-state index contributed by atoms with van der Waals surface area (Å²) in [7, 11) is -4.18. The van der Waals surface area contributed by atoms with E-state index >= 15 is 0 Å². The van der Waals surface area contributed by atoms with E-state index in [1.54, 1.807) is 38.4 Å². The number of carbonyl (C=O) groups is 2. The number of aromatic nitrogens is 2. The Morgan fingerprint density at radius 2 is 2.08 bits per heavy atom. The minimum absolute atomic E-state index is 0.0220. The maximum atomic E-state index is 13.1. The lowest BCUT2D eigenvalue weighted by molar-refractivity contribution is -0.139. The number of hydrogen-bond acceptors (Lipinski definition) is 9. The highest BCUT2D eigenvalue weighted by molar-refractivity contribution is 7.89. The van der Waals surface area contributed by atoms with Gasteiger partial charge in [0.15, 0.2) is 17.4 Å². The van der Waals surface area contributed by atoms with Crippen molar-refractivity contribution in [2.24, 2.45) is 5.16 Å². The molecule has 0 aliphatic carbocycles. The van der Waals surface area contributed by atoms with Gasteiger partial charge in [-0.25, -0.2) is 13.4 Å². The van der Waals surface area contributed by atoms with Gasteiger partial charge in [-0.05, 0) is 31.9 Å². The molecule has 2 aromatic rings. The summed E-state index contributed by atoms with van der Waals surface area (Å²) in [5, 5.41) is 20.4. The summed E-state index contributed by atoms with van der Waals surface area (Å²) < 4.78 is 28.5. The molecule has 200 valence electrons. The van der Waals surface area contributed by atoms with Crippen molar-refractivity contribution in [2.45, 2.75) is 56.2 Å². The van der Waals surface area contributed by atoms with E-state index in [1.807, 2.05) is 6.92 Å². The van der Waals surface area contributed by atoms with Crippen LogP contribution in [0.4, 0.5) is 5.95 Å². The highest BCUT2D eigenvalue weighted by atomic mass is 32.2. The number of nitrogens with zero attached hydrogens (tertiary/aromatic N) is 3. The fraction of sp³-hybridized carbons (Fsp3) is 0.478. The number of amides is 1. The van der Waals surface area contributed by atoms with Crippen LogP contribution in [-0.4, -0.2) is 83.9 Å². The SMILES string of the molecule is Cc1cc(C)c(S(=O)(=O)NC(CN(C=O)C2=NO[C@]3(CNC(CNc4ncc[nH]4)C3)C2)C(=O)O)c(C)c1. The molecule has 0 saturated carbocycles. The molecule has 1 aromatic heterocycles. The third-order valence-electron chi connectivity index (χ3n) is 6.48. The van der Waals surface area contributed by atoms with Crippen LogP contribution in [0.5, 0.6) is 0 Å². The minimum Gasteiger partial charge on any atom is -0.480 e. The van der Waals surface area contributed by atoms with Gasteiger partial charge in [-0.1, -0.05) is 22.9 Å². The monoisotopic (exact) mass is 533 g/mol. The fourth-order valence-corrected chi connectivity index (χ4v) is 6.55. The van der Waals surface area contributed by atoms with Crippen LogP contribution in [0.3, 0.4) is 0 Å². The van der Waals surface area contributed by atoms with Crippen molar-refractivity contribution >= 4 is 34.2 Å². The molecule has 3 atom stereocenters. The van der Waals surface area contributed by atoms with E-state index in [9.17, 15) is 23.1 Å². The molecule has 2 unspecified atom stereocenters. The third-order valence-corrected chi connectivity index (χ3v) is 8.25. The zero-order valence-electron chi connectivity index (χ0n) is 20.8. The van der Waals surface area contributed by atoms with Crippen LogP contribution in [0, 0.1) is 20.8 Å². The van der Waals surface area contributed by atoms with Crippen molar-refractivity contribution in [1.29, 1.82) is 0 Å². The lowest BCUT2D eigenvalue weighted by Crippen LogP contribution is -2.50. The van der Waals surface area contributed by atoms with Crippen molar-refractivity contribution in [3.8, 4) is 0 Å². The van der Waals surface area contributed by atoms with E-state index in [0.29, 0.717) is 43.0 Å². The van der Waals surface area contributed by atoms with Crippen LogP contribution >= 0.6 is 0 Å². The molecular weight excluding hydrogens is 502 g/mol. The highest BCUT2D eigenvalue weighted by Gasteiger charge is 2.47. The average molecular weight is 534 g/mol. The number of carboxylic acid groups (broad SMARTS) is 1. The molecule has 4 rings (SSSR count). The van der Waals surface area contributed by atoms with Crippen LogP contribution < -0.4 is 15.4 Å². The second kappa shape index (κ2) is 10.5. The van der Waals surface area contributed by atoms with E-state index in [0.717, 1.165) is 10.5 Å². The van der Waals surface area contributed by atoms with Crippen LogP contribution in [0.2, 0.25) is 0 Å². The summed E-state index contributed by atoms with van der Waals surface area (Å²) in [6, 6.07) is 1.89. The van der Waals surface area contributed by atoms with Gasteiger partial charge in [0.2, 0.25) is 16.4 Å². The molecule has 1 amide bonds. The quantitative estimate of drug-likeness (QED) is 0.272. The number of hydrogen-bond donors (Lipinski definition) is 5. The van der Waals surface area contributed by atoms with E-state index < -0.39 is 34.2 Å². The molecule has 1 saturated heterocycles. The number of benzene rings is 1. The van der Waals surface area contributed by atoms with Crippen molar-refractivity contribution in [1.82, 2.24) is 24.9 Å². The molecule has 0 bridgehead atoms. The van der Waals surface area contributed by atoms with Crippen molar-refractivity contribution in [2.75, 3.05) is 25.0 Å². The highest BCUT2D eigenvalue weighted by Crippen LogP contribution is 2.33. The first-order valence-corrected chi connectivity index (χ1v) is 13.3. The Hall–Kier alpha value is -3.49. The Balaban J connectivity index is 1.41. The van der Waals surface area contributed by atoms with Gasteiger partial charge < -0.3 is 25.6 Å². The Morgan fingerprint density at radius 3 is 2.70 bits per heavy atom. The van der Waals surface area contributed by atoms with Gasteiger partial charge in [-0.3, -0.25) is 14.5 Å². The predicted octanol–water partition coefficient (Wildman–Crippen LogP) is 0.471. The number of anilines is 1. The van der Waals surface area contributed by atoms with Crippen molar-refractivity contribution in [3.63, 3.8) is 0 Å². The molecule has 3 heterocycles. The Kier molecular flexibility index (Phi) is 7.52. The van der Waals surface area contributed by atoms with Gasteiger partial charge in [0.1, 0.15) is 6.04 Å². The topological polar surface area (TPSA) is 178 Å². The number of nitrogens with one attached hydrogen (secondary N) is 4. The van der Waals surface area contributed by atoms with Crippen molar-refractivity contribution in [3.05, 3.63) is 41.2 Å². The van der Waals surface area contributed by atoms with Crippen molar-refractivity contribution < 1.29 is 28.0 Å². The van der Waals surface area contributed by atoms with Gasteiger partial charge in [0, 0.05) is 37.9 Å². The van der Waals surface area contributed by atoms with E-state index in [4.69, 9.17) is 4.84 Å². The number of aryl methyl sites for hydroxylation is 3. The first-order chi connectivity index (χ1) is 17.5. The first-order valence-electron chi connectivity index (χ1n) is 11.8. The second-order valence-electron chi connectivity index (χ2n) is 9.56. The van der Waals surface area contributed by atoms with Crippen LogP contribution in [0.1, 0.15) is 29.5 Å². The summed E-state index contributed by atoms with van der Waals surface area (Å²) in [4.78, 5) is 37.8. The second-order valence-corrected chi connectivity index (χ2v) is 11.2. The lowest BCUT2D eigenvalue weighted by atomic mass is 9.95. The standard InChI is InChI=1S/C23H31N7O6S/c1-14-6-15(2)20(16(3)7-14)37(34,35)29-18(21(32)33)11-30(13-31)19-9-23(36-28-19)8-17(27-12-23)10-26-22-24-4-5-25-22/h4-7,13,17-18,27,29H,8-12H2,1-3H3,(H,32,33)(H2,24,25,26)/t17?,18?,23-/m0/s1. The Bertz CT molecular complexity index is 1270. The molecule has 1 aromatic carbocycles. The summed E-state index contributed by atoms with van der Waals surface area (Å²) >= 11 is 0. The molecule has 13 nitrogen and oxygen atoms in total. The maximum absolute atomic E-state index is 13.1. The number of H-pyrrole nitrogens is 1. The molecule has 1 fully saturated rings. The van der Waals surface area contributed by atoms with Crippen LogP contribution in [0.25, 0.3) is 0 Å². The third kappa shape index (κ3) is 5.92. The van der Waals surface area contributed by atoms with E-state index in [-0.39, 0.29) is 23.2 Å². The van der Waals surface area contributed by atoms with E-state index in [2.05, 4.69) is 30.5 Å². The number of carboxylic acids is 1. The molecule has 5 N–H and O–H groups in total. The van der Waals surface area contributed by atoms with Gasteiger partial charge in [-0.2, -0.15) is 4.72 Å². The number of sulfonamides is 1. The van der Waals surface area contributed by atoms with Crippen LogP contribution in [0.15, 0.2) is 34.6 Å². The largest absolute Gasteiger partial charge is 0.480 e. The van der Waals surface area contributed by atoms with E-state index in [1.165, 1.54) is 0 Å². The molecule has 1 spiro atoms. The number of amidine groups is 1. The lowest BCUT2D eigenvalue weighted by Gasteiger charge is -2.24. The molecular formula is C23H31N7O6S. The zero-order valence-corrected chi connectivity index (χ0v) is 21.6. The molecule has 2 aliphatic heterocycles. The average Bonchev–Trinajstić information content (AvgIpc) is 3.56. The minimum atomic E-state index is -4.18. The van der Waals surface area contributed by atoms with Gasteiger partial charge in [-0.15, -0.1) is 0 Å². The fourth-order valence-electron chi connectivity index (χ4n) is 4.92. The van der Waals surface area contributed by atoms with Gasteiger partial charge in [0.25, 0.3) is 0 Å². The molecule has 0 radical (unpaired) electrons. The summed E-state index contributed by atoms with van der Waals surface area (Å²) in [5.41, 5.74) is 1.22. The van der Waals surface area contributed by atoms with Crippen LogP contribution in [-0.2, 0) is 24.4 Å². The molecule has 2 aliphatic rings. The summed E-state index contributed by atoms with van der Waals surface area (Å²) in [5.74, 6) is -0.527. The zero-order chi connectivity index (χ0) is 26.8. The number of rotatable bonds is 10. The van der Waals surface area contributed by atoms with Gasteiger partial charge >= 0.3 is 5.97 Å². The maximum Gasteiger partial charge on any atom is 0.323 e. The van der Waals surface area contributed by atoms with Gasteiger partial charge in [0.05, 0.1) is 17.9 Å². The first kappa shape index (κ1) is 26.6.